The molecule has 1 aromatic rings. The molecule has 0 aromatic heterocycles. The average molecular weight is 289 g/mol. The van der Waals surface area contributed by atoms with Crippen molar-refractivity contribution in [1.82, 2.24) is 4.90 Å². The summed E-state index contributed by atoms with van der Waals surface area (Å²) in [5.74, 6) is 1.00. The van der Waals surface area contributed by atoms with E-state index >= 15 is 0 Å². The number of benzene rings is 1. The van der Waals surface area contributed by atoms with Crippen molar-refractivity contribution >= 4 is 0 Å². The fourth-order valence-electron chi connectivity index (χ4n) is 3.33. The highest BCUT2D eigenvalue weighted by molar-refractivity contribution is 5.36. The molecule has 2 aliphatic rings. The third-order valence-electron chi connectivity index (χ3n) is 4.54. The van der Waals surface area contributed by atoms with Gasteiger partial charge < -0.3 is 14.4 Å². The first-order chi connectivity index (χ1) is 10.4. The second-order valence-corrected chi connectivity index (χ2v) is 6.14. The molecule has 2 heterocycles. The Kier molecular flexibility index (Phi) is 5.53. The molecule has 0 amide bonds. The van der Waals surface area contributed by atoms with E-state index in [-0.39, 0.29) is 6.10 Å². The lowest BCUT2D eigenvalue weighted by atomic mass is 10.0. The SMILES string of the molecule is c1ccc2c(c1)OCCC2OCCCCN1CCCCC1. The molecule has 1 atom stereocenters. The number of ether oxygens (including phenoxy) is 2. The van der Waals surface area contributed by atoms with Gasteiger partial charge in [0, 0.05) is 18.6 Å². The third kappa shape index (κ3) is 4.21. The Hall–Kier alpha value is -1.06. The highest BCUT2D eigenvalue weighted by Gasteiger charge is 2.21. The maximum absolute atomic E-state index is 6.10. The fourth-order valence-corrected chi connectivity index (χ4v) is 3.33. The number of nitrogens with zero attached hydrogens (tertiary/aromatic N) is 1. The summed E-state index contributed by atoms with van der Waals surface area (Å²) in [6.45, 7) is 5.48. The van der Waals surface area contributed by atoms with Gasteiger partial charge in [-0.25, -0.2) is 0 Å². The van der Waals surface area contributed by atoms with Crippen LogP contribution in [0.2, 0.25) is 0 Å². The van der Waals surface area contributed by atoms with E-state index in [9.17, 15) is 0 Å². The largest absolute Gasteiger partial charge is 0.493 e. The highest BCUT2D eigenvalue weighted by Crippen LogP contribution is 2.34. The van der Waals surface area contributed by atoms with Crippen LogP contribution in [-0.4, -0.2) is 37.7 Å². The van der Waals surface area contributed by atoms with Crippen LogP contribution in [0.25, 0.3) is 0 Å². The van der Waals surface area contributed by atoms with E-state index in [4.69, 9.17) is 9.47 Å². The quantitative estimate of drug-likeness (QED) is 0.744. The molecule has 21 heavy (non-hydrogen) atoms. The molecule has 3 nitrogen and oxygen atoms in total. The number of fused-ring (bicyclic) bond motifs is 1. The van der Waals surface area contributed by atoms with Gasteiger partial charge in [0.1, 0.15) is 5.75 Å². The second kappa shape index (κ2) is 7.81. The normalized spacial score (nSPS) is 22.6. The molecular formula is C18H27NO2. The highest BCUT2D eigenvalue weighted by atomic mass is 16.5. The Balaban J connectivity index is 1.36. The monoisotopic (exact) mass is 289 g/mol. The maximum Gasteiger partial charge on any atom is 0.125 e. The third-order valence-corrected chi connectivity index (χ3v) is 4.54. The van der Waals surface area contributed by atoms with E-state index in [0.717, 1.165) is 31.8 Å². The maximum atomic E-state index is 6.10. The summed E-state index contributed by atoms with van der Waals surface area (Å²) in [5.41, 5.74) is 1.22. The molecule has 0 spiro atoms. The summed E-state index contributed by atoms with van der Waals surface area (Å²) in [7, 11) is 0. The first-order valence-corrected chi connectivity index (χ1v) is 8.49. The van der Waals surface area contributed by atoms with Gasteiger partial charge in [-0.3, -0.25) is 0 Å². The van der Waals surface area contributed by atoms with E-state index in [1.807, 2.05) is 12.1 Å². The van der Waals surface area contributed by atoms with E-state index in [1.165, 1.54) is 50.9 Å². The molecule has 1 saturated heterocycles. The molecule has 0 radical (unpaired) electrons. The number of hydrogen-bond acceptors (Lipinski definition) is 3. The van der Waals surface area contributed by atoms with Crippen molar-refractivity contribution in [3.05, 3.63) is 29.8 Å². The predicted molar refractivity (Wildman–Crippen MR) is 84.8 cm³/mol. The van der Waals surface area contributed by atoms with Crippen molar-refractivity contribution in [2.75, 3.05) is 32.8 Å². The number of likely N-dealkylation sites (tertiary alicyclic amines) is 1. The van der Waals surface area contributed by atoms with Crippen molar-refractivity contribution in [2.24, 2.45) is 0 Å². The van der Waals surface area contributed by atoms with Gasteiger partial charge in [-0.2, -0.15) is 0 Å². The van der Waals surface area contributed by atoms with Crippen LogP contribution >= 0.6 is 0 Å². The van der Waals surface area contributed by atoms with Crippen LogP contribution in [0.15, 0.2) is 24.3 Å². The van der Waals surface area contributed by atoms with E-state index < -0.39 is 0 Å². The van der Waals surface area contributed by atoms with Crippen LogP contribution in [0.1, 0.15) is 50.2 Å². The molecule has 0 aliphatic carbocycles. The summed E-state index contributed by atoms with van der Waals surface area (Å²) < 4.78 is 11.8. The van der Waals surface area contributed by atoms with Crippen LogP contribution in [0.4, 0.5) is 0 Å². The Morgan fingerprint density at radius 2 is 1.95 bits per heavy atom. The Labute approximate surface area is 128 Å². The average Bonchev–Trinajstić information content (AvgIpc) is 2.56. The molecule has 2 aliphatic heterocycles. The van der Waals surface area contributed by atoms with Crippen molar-refractivity contribution in [1.29, 1.82) is 0 Å². The van der Waals surface area contributed by atoms with Gasteiger partial charge in [-0.1, -0.05) is 24.6 Å². The second-order valence-electron chi connectivity index (χ2n) is 6.14. The molecule has 0 N–H and O–H groups in total. The van der Waals surface area contributed by atoms with Crippen molar-refractivity contribution in [3.63, 3.8) is 0 Å². The van der Waals surface area contributed by atoms with E-state index in [0.29, 0.717) is 0 Å². The van der Waals surface area contributed by atoms with Gasteiger partial charge in [0.25, 0.3) is 0 Å². The predicted octanol–water partition coefficient (Wildman–Crippen LogP) is 3.79. The molecule has 3 heteroatoms. The molecule has 0 saturated carbocycles. The molecular weight excluding hydrogens is 262 g/mol. The summed E-state index contributed by atoms with van der Waals surface area (Å²) in [6.07, 6.45) is 7.81. The van der Waals surface area contributed by atoms with Gasteiger partial charge in [0.05, 0.1) is 12.7 Å². The minimum absolute atomic E-state index is 0.227. The standard InChI is InChI=1S/C18H27NO2/c1-4-11-19(12-5-1)13-6-7-14-20-18-10-15-21-17-9-3-2-8-16(17)18/h2-3,8-9,18H,1,4-7,10-15H2. The van der Waals surface area contributed by atoms with Crippen molar-refractivity contribution < 1.29 is 9.47 Å². The molecule has 1 aromatic carbocycles. The molecule has 116 valence electrons. The topological polar surface area (TPSA) is 21.7 Å². The number of piperidine rings is 1. The summed E-state index contributed by atoms with van der Waals surface area (Å²) in [6, 6.07) is 8.27. The van der Waals surface area contributed by atoms with Crippen molar-refractivity contribution in [3.8, 4) is 5.75 Å². The molecule has 1 unspecified atom stereocenters. The summed E-state index contributed by atoms with van der Waals surface area (Å²) in [4.78, 5) is 2.60. The van der Waals surface area contributed by atoms with Gasteiger partial charge in [-0.05, 0) is 51.4 Å². The molecule has 1 fully saturated rings. The molecule has 0 bridgehead atoms. The lowest BCUT2D eigenvalue weighted by Gasteiger charge is -2.27. The van der Waals surface area contributed by atoms with Gasteiger partial charge in [0.2, 0.25) is 0 Å². The zero-order valence-corrected chi connectivity index (χ0v) is 12.9. The van der Waals surface area contributed by atoms with E-state index in [2.05, 4.69) is 17.0 Å². The summed E-state index contributed by atoms with van der Waals surface area (Å²) in [5, 5.41) is 0. The fraction of sp³-hybridized carbons (Fsp3) is 0.667. The first-order valence-electron chi connectivity index (χ1n) is 8.49. The zero-order valence-electron chi connectivity index (χ0n) is 12.9. The van der Waals surface area contributed by atoms with Crippen LogP contribution < -0.4 is 4.74 Å². The van der Waals surface area contributed by atoms with E-state index in [1.54, 1.807) is 0 Å². The smallest absolute Gasteiger partial charge is 0.125 e. The number of hydrogen-bond donors (Lipinski definition) is 0. The molecule has 3 rings (SSSR count). The lowest BCUT2D eigenvalue weighted by molar-refractivity contribution is 0.0210. The Bertz CT molecular complexity index is 429. The lowest BCUT2D eigenvalue weighted by Crippen LogP contribution is -2.30. The Morgan fingerprint density at radius 3 is 2.86 bits per heavy atom. The van der Waals surface area contributed by atoms with Crippen LogP contribution in [0.3, 0.4) is 0 Å². The Morgan fingerprint density at radius 1 is 1.10 bits per heavy atom. The summed E-state index contributed by atoms with van der Waals surface area (Å²) >= 11 is 0. The van der Waals surface area contributed by atoms with Gasteiger partial charge in [0.15, 0.2) is 0 Å². The number of unbranched alkanes of at least 4 members (excludes halogenated alkanes) is 1. The van der Waals surface area contributed by atoms with Crippen LogP contribution in [-0.2, 0) is 4.74 Å². The number of rotatable bonds is 6. The minimum atomic E-state index is 0.227. The van der Waals surface area contributed by atoms with Gasteiger partial charge in [-0.15, -0.1) is 0 Å². The minimum Gasteiger partial charge on any atom is -0.493 e. The van der Waals surface area contributed by atoms with Gasteiger partial charge >= 0.3 is 0 Å². The van der Waals surface area contributed by atoms with Crippen LogP contribution in [0, 0.1) is 0 Å². The van der Waals surface area contributed by atoms with Crippen LogP contribution in [0.5, 0.6) is 5.75 Å². The number of para-hydroxylation sites is 1. The first kappa shape index (κ1) is 14.9. The zero-order chi connectivity index (χ0) is 14.3. The van der Waals surface area contributed by atoms with Crippen molar-refractivity contribution in [2.45, 2.75) is 44.6 Å².